The molecule has 0 aromatic carbocycles. The van der Waals surface area contributed by atoms with Gasteiger partial charge in [-0.3, -0.25) is 14.4 Å². The maximum atomic E-state index is 12.5. The number of hydrogen-bond donors (Lipinski definition) is 0. The molecule has 1 atom stereocenters. The third kappa shape index (κ3) is 40.6. The van der Waals surface area contributed by atoms with Gasteiger partial charge in [0, 0.05) is 12.8 Å². The number of ether oxygens (including phenoxy) is 3. The third-order valence-corrected chi connectivity index (χ3v) is 7.68. The fourth-order valence-electron chi connectivity index (χ4n) is 4.68. The van der Waals surface area contributed by atoms with Crippen molar-refractivity contribution in [3.8, 4) is 0 Å². The highest BCUT2D eigenvalue weighted by Gasteiger charge is 2.19. The maximum absolute atomic E-state index is 12.5. The summed E-state index contributed by atoms with van der Waals surface area (Å²) in [6.45, 7) is 6.03. The van der Waals surface area contributed by atoms with Crippen LogP contribution in [0.2, 0.25) is 0 Å². The molecule has 6 nitrogen and oxygen atoms in total. The van der Waals surface area contributed by atoms with Crippen molar-refractivity contribution in [3.05, 3.63) is 134 Å². The largest absolute Gasteiger partial charge is 0.462 e. The molecular weight excluding hydrogens is 685 g/mol. The second kappa shape index (κ2) is 42.3. The molecule has 0 rings (SSSR count). The number of allylic oxidation sites excluding steroid dienone is 21. The lowest BCUT2D eigenvalue weighted by Gasteiger charge is -2.18. The molecule has 0 saturated heterocycles. The number of rotatable bonds is 34. The van der Waals surface area contributed by atoms with E-state index < -0.39 is 18.0 Å². The molecule has 0 aromatic heterocycles. The molecule has 55 heavy (non-hydrogen) atoms. The average molecular weight is 757 g/mol. The van der Waals surface area contributed by atoms with Crippen LogP contribution in [-0.2, 0) is 28.6 Å². The SMILES string of the molecule is CC/C=C\C/C=C\C/C=C\C/C=C\C/C=C\C/C=C\CCC(=O)OCC(COC(=O)CCCC/C=C\C/C=C\CC)OC(=O)C/C=C\C/C=C\C/C=C\CC. The van der Waals surface area contributed by atoms with Crippen LogP contribution in [0.15, 0.2) is 134 Å². The predicted molar refractivity (Wildman–Crippen MR) is 232 cm³/mol. The lowest BCUT2D eigenvalue weighted by Crippen LogP contribution is -2.30. The van der Waals surface area contributed by atoms with E-state index in [1.54, 1.807) is 6.08 Å². The van der Waals surface area contributed by atoms with Crippen LogP contribution in [0, 0.1) is 0 Å². The molecule has 0 spiro atoms. The van der Waals surface area contributed by atoms with Gasteiger partial charge in [0.15, 0.2) is 6.10 Å². The molecule has 0 aliphatic heterocycles. The molecule has 0 saturated carbocycles. The molecule has 0 radical (unpaired) electrons. The van der Waals surface area contributed by atoms with E-state index in [0.717, 1.165) is 77.0 Å². The Morgan fingerprint density at radius 2 is 0.727 bits per heavy atom. The van der Waals surface area contributed by atoms with Crippen molar-refractivity contribution in [2.45, 2.75) is 142 Å². The Kier molecular flexibility index (Phi) is 38.9. The molecular formula is C49H72O6. The first-order valence-electron chi connectivity index (χ1n) is 20.7. The summed E-state index contributed by atoms with van der Waals surface area (Å²) in [4.78, 5) is 37.4. The maximum Gasteiger partial charge on any atom is 0.310 e. The van der Waals surface area contributed by atoms with E-state index in [9.17, 15) is 14.4 Å². The Hall–Kier alpha value is -4.45. The first-order valence-corrected chi connectivity index (χ1v) is 20.7. The van der Waals surface area contributed by atoms with E-state index in [1.165, 1.54) is 0 Å². The van der Waals surface area contributed by atoms with Gasteiger partial charge >= 0.3 is 17.9 Å². The summed E-state index contributed by atoms with van der Waals surface area (Å²) in [6, 6.07) is 0. The highest BCUT2D eigenvalue weighted by molar-refractivity contribution is 5.72. The molecule has 0 aliphatic rings. The Bertz CT molecular complexity index is 1280. The minimum Gasteiger partial charge on any atom is -0.462 e. The Morgan fingerprint density at radius 3 is 1.15 bits per heavy atom. The zero-order chi connectivity index (χ0) is 40.1. The summed E-state index contributed by atoms with van der Waals surface area (Å²) in [5.74, 6) is -1.23. The molecule has 0 aromatic rings. The first-order chi connectivity index (χ1) is 27.0. The van der Waals surface area contributed by atoms with Gasteiger partial charge in [-0.25, -0.2) is 0 Å². The normalized spacial score (nSPS) is 13.4. The Labute approximate surface area is 334 Å². The van der Waals surface area contributed by atoms with Crippen LogP contribution < -0.4 is 0 Å². The van der Waals surface area contributed by atoms with Crippen LogP contribution in [0.1, 0.15) is 136 Å². The molecule has 1 unspecified atom stereocenters. The monoisotopic (exact) mass is 757 g/mol. The van der Waals surface area contributed by atoms with Gasteiger partial charge in [0.2, 0.25) is 0 Å². The van der Waals surface area contributed by atoms with Crippen LogP contribution in [0.3, 0.4) is 0 Å². The molecule has 0 N–H and O–H groups in total. The Morgan fingerprint density at radius 1 is 0.382 bits per heavy atom. The van der Waals surface area contributed by atoms with Crippen LogP contribution in [-0.4, -0.2) is 37.2 Å². The summed E-state index contributed by atoms with van der Waals surface area (Å²) >= 11 is 0. The van der Waals surface area contributed by atoms with Crippen LogP contribution >= 0.6 is 0 Å². The minimum atomic E-state index is -0.871. The minimum absolute atomic E-state index is 0.0758. The standard InChI is InChI=1S/C49H72O6/c1-4-7-10-13-16-19-20-21-22-23-24-25-26-27-28-31-33-36-39-42-48(51)54-45-46(55-49(52)43-40-37-34-30-18-15-12-9-6-3)44-53-47(50)41-38-35-32-29-17-14-11-8-5-2/h7-12,16-19,21-22,24-25,27-30,33,36-37,40,46H,4-6,13-15,20,23,26,31-32,34-35,38-39,41-45H2,1-3H3/b10-7-,11-8-,12-9-,19-16-,22-21-,25-24-,28-27-,29-17-,30-18-,36-33-,40-37-. The molecule has 0 bridgehead atoms. The average Bonchev–Trinajstić information content (AvgIpc) is 3.18. The van der Waals surface area contributed by atoms with Crippen molar-refractivity contribution in [2.24, 2.45) is 0 Å². The van der Waals surface area contributed by atoms with E-state index in [0.29, 0.717) is 19.3 Å². The molecule has 0 fully saturated rings. The van der Waals surface area contributed by atoms with Crippen molar-refractivity contribution in [2.75, 3.05) is 13.2 Å². The van der Waals surface area contributed by atoms with Gasteiger partial charge in [-0.05, 0) is 96.3 Å². The molecule has 0 aliphatic carbocycles. The van der Waals surface area contributed by atoms with E-state index in [4.69, 9.17) is 14.2 Å². The lowest BCUT2D eigenvalue weighted by molar-refractivity contribution is -0.166. The molecule has 304 valence electrons. The second-order valence-corrected chi connectivity index (χ2v) is 12.8. The zero-order valence-electron chi connectivity index (χ0n) is 34.4. The quantitative estimate of drug-likeness (QED) is 0.0281. The summed E-state index contributed by atoms with van der Waals surface area (Å²) < 4.78 is 16.4. The van der Waals surface area contributed by atoms with Crippen LogP contribution in [0.5, 0.6) is 0 Å². The molecule has 6 heteroatoms. The predicted octanol–water partition coefficient (Wildman–Crippen LogP) is 13.2. The number of carbonyl (C=O) groups excluding carboxylic acids is 3. The van der Waals surface area contributed by atoms with E-state index in [1.807, 2.05) is 24.3 Å². The van der Waals surface area contributed by atoms with Crippen LogP contribution in [0.25, 0.3) is 0 Å². The van der Waals surface area contributed by atoms with E-state index in [-0.39, 0.29) is 38.4 Å². The van der Waals surface area contributed by atoms with Gasteiger partial charge in [-0.15, -0.1) is 0 Å². The second-order valence-electron chi connectivity index (χ2n) is 12.8. The van der Waals surface area contributed by atoms with E-state index in [2.05, 4.69) is 124 Å². The summed E-state index contributed by atoms with van der Waals surface area (Å²) in [5.41, 5.74) is 0. The van der Waals surface area contributed by atoms with Gasteiger partial charge in [0.25, 0.3) is 0 Å². The number of hydrogen-bond acceptors (Lipinski definition) is 6. The van der Waals surface area contributed by atoms with Crippen molar-refractivity contribution in [1.29, 1.82) is 0 Å². The highest BCUT2D eigenvalue weighted by Crippen LogP contribution is 2.07. The number of esters is 3. The van der Waals surface area contributed by atoms with Gasteiger partial charge < -0.3 is 14.2 Å². The molecule has 0 amide bonds. The van der Waals surface area contributed by atoms with E-state index >= 15 is 0 Å². The Balaban J connectivity index is 4.57. The zero-order valence-corrected chi connectivity index (χ0v) is 34.4. The fourth-order valence-corrected chi connectivity index (χ4v) is 4.68. The van der Waals surface area contributed by atoms with Gasteiger partial charge in [-0.2, -0.15) is 0 Å². The van der Waals surface area contributed by atoms with Gasteiger partial charge in [0.05, 0.1) is 6.42 Å². The number of carbonyl (C=O) groups is 3. The first kappa shape index (κ1) is 50.5. The van der Waals surface area contributed by atoms with Crippen molar-refractivity contribution < 1.29 is 28.6 Å². The fraction of sp³-hybridized carbons (Fsp3) is 0.490. The summed E-state index contributed by atoms with van der Waals surface area (Å²) in [6.07, 6.45) is 59.3. The van der Waals surface area contributed by atoms with Gasteiger partial charge in [0.1, 0.15) is 13.2 Å². The van der Waals surface area contributed by atoms with Gasteiger partial charge in [-0.1, -0.05) is 154 Å². The third-order valence-electron chi connectivity index (χ3n) is 7.68. The lowest BCUT2D eigenvalue weighted by atomic mass is 10.2. The highest BCUT2D eigenvalue weighted by atomic mass is 16.6. The number of unbranched alkanes of at least 4 members (excludes halogenated alkanes) is 2. The van der Waals surface area contributed by atoms with Crippen molar-refractivity contribution in [3.63, 3.8) is 0 Å². The van der Waals surface area contributed by atoms with Crippen molar-refractivity contribution >= 4 is 17.9 Å². The molecule has 0 heterocycles. The van der Waals surface area contributed by atoms with Crippen molar-refractivity contribution in [1.82, 2.24) is 0 Å². The smallest absolute Gasteiger partial charge is 0.310 e. The van der Waals surface area contributed by atoms with Crippen LogP contribution in [0.4, 0.5) is 0 Å². The summed E-state index contributed by atoms with van der Waals surface area (Å²) in [5, 5.41) is 0. The summed E-state index contributed by atoms with van der Waals surface area (Å²) in [7, 11) is 0. The topological polar surface area (TPSA) is 78.9 Å².